The highest BCUT2D eigenvalue weighted by Gasteiger charge is 2.21. The van der Waals surface area contributed by atoms with Crippen molar-refractivity contribution in [1.82, 2.24) is 10.0 Å². The highest BCUT2D eigenvalue weighted by Crippen LogP contribution is 2.30. The van der Waals surface area contributed by atoms with Gasteiger partial charge in [0.1, 0.15) is 12.7 Å². The number of ether oxygens (including phenoxy) is 3. The normalized spacial score (nSPS) is 15.2. The van der Waals surface area contributed by atoms with Crippen LogP contribution in [-0.2, 0) is 30.8 Å². The molecule has 3 rings (SSSR count). The number of para-hydroxylation sites is 2. The van der Waals surface area contributed by atoms with Gasteiger partial charge in [0.2, 0.25) is 10.0 Å². The standard InChI is InChI=1S/C21H24N2O7S/c1-22-31(26,27)17-9-6-15(7-10-17)8-11-21(25)29-14-20(24)23-12-16-13-28-18-4-2-3-5-19(18)30-16/h2-7,9-10,16,22H,8,11-14H2,1H3,(H,23,24). The SMILES string of the molecule is CNS(=O)(=O)c1ccc(CCC(=O)OCC(=O)NCC2COc3ccccc3O2)cc1. The predicted molar refractivity (Wildman–Crippen MR) is 111 cm³/mol. The molecule has 9 nitrogen and oxygen atoms in total. The van der Waals surface area contributed by atoms with Gasteiger partial charge in [0, 0.05) is 6.42 Å². The van der Waals surface area contributed by atoms with Gasteiger partial charge >= 0.3 is 5.97 Å². The maximum Gasteiger partial charge on any atom is 0.306 e. The van der Waals surface area contributed by atoms with Crippen molar-refractivity contribution in [2.24, 2.45) is 0 Å². The molecule has 1 unspecified atom stereocenters. The molecular formula is C21H24N2O7S. The summed E-state index contributed by atoms with van der Waals surface area (Å²) in [7, 11) is -2.16. The number of carbonyl (C=O) groups excluding carboxylic acids is 2. The van der Waals surface area contributed by atoms with Crippen molar-refractivity contribution in [3.8, 4) is 11.5 Å². The lowest BCUT2D eigenvalue weighted by Gasteiger charge is -2.26. The third-order valence-corrected chi connectivity index (χ3v) is 6.01. The molecule has 0 aliphatic carbocycles. The second-order valence-corrected chi connectivity index (χ2v) is 8.70. The van der Waals surface area contributed by atoms with Crippen molar-refractivity contribution >= 4 is 21.9 Å². The third-order valence-electron chi connectivity index (χ3n) is 4.58. The molecule has 0 bridgehead atoms. The van der Waals surface area contributed by atoms with E-state index in [9.17, 15) is 18.0 Å². The van der Waals surface area contributed by atoms with Crippen LogP contribution in [0.5, 0.6) is 11.5 Å². The van der Waals surface area contributed by atoms with E-state index in [1.807, 2.05) is 18.2 Å². The van der Waals surface area contributed by atoms with E-state index in [1.54, 1.807) is 18.2 Å². The van der Waals surface area contributed by atoms with Gasteiger partial charge in [0.25, 0.3) is 5.91 Å². The largest absolute Gasteiger partial charge is 0.486 e. The quantitative estimate of drug-likeness (QED) is 0.550. The van der Waals surface area contributed by atoms with Crippen LogP contribution < -0.4 is 19.5 Å². The van der Waals surface area contributed by atoms with Gasteiger partial charge in [0.15, 0.2) is 18.1 Å². The first-order chi connectivity index (χ1) is 14.9. The zero-order chi connectivity index (χ0) is 22.3. The molecule has 166 valence electrons. The summed E-state index contributed by atoms with van der Waals surface area (Å²) in [5, 5.41) is 2.65. The molecule has 1 heterocycles. The highest BCUT2D eigenvalue weighted by molar-refractivity contribution is 7.89. The molecule has 1 aliphatic heterocycles. The van der Waals surface area contributed by atoms with Crippen LogP contribution in [0.15, 0.2) is 53.4 Å². The molecule has 0 radical (unpaired) electrons. The molecule has 2 N–H and O–H groups in total. The number of fused-ring (bicyclic) bond motifs is 1. The molecular weight excluding hydrogens is 424 g/mol. The van der Waals surface area contributed by atoms with Crippen LogP contribution in [0.4, 0.5) is 0 Å². The van der Waals surface area contributed by atoms with Crippen LogP contribution in [0.3, 0.4) is 0 Å². The molecule has 0 saturated carbocycles. The number of sulfonamides is 1. The highest BCUT2D eigenvalue weighted by atomic mass is 32.2. The zero-order valence-electron chi connectivity index (χ0n) is 17.0. The van der Waals surface area contributed by atoms with Crippen LogP contribution in [0.1, 0.15) is 12.0 Å². The monoisotopic (exact) mass is 448 g/mol. The molecule has 1 atom stereocenters. The predicted octanol–water partition coefficient (Wildman–Crippen LogP) is 1.03. The average Bonchev–Trinajstić information content (AvgIpc) is 2.80. The molecule has 2 aromatic carbocycles. The number of hydrogen-bond donors (Lipinski definition) is 2. The van der Waals surface area contributed by atoms with E-state index < -0.39 is 21.9 Å². The van der Waals surface area contributed by atoms with Gasteiger partial charge in [0.05, 0.1) is 11.4 Å². The number of amides is 1. The second-order valence-electron chi connectivity index (χ2n) is 6.81. The maximum atomic E-state index is 11.9. The van der Waals surface area contributed by atoms with Crippen molar-refractivity contribution < 1.29 is 32.2 Å². The lowest BCUT2D eigenvalue weighted by molar-refractivity contribution is -0.148. The van der Waals surface area contributed by atoms with E-state index in [-0.39, 0.29) is 30.6 Å². The zero-order valence-corrected chi connectivity index (χ0v) is 17.8. The summed E-state index contributed by atoms with van der Waals surface area (Å²) in [4.78, 5) is 24.0. The molecule has 1 aliphatic rings. The minimum Gasteiger partial charge on any atom is -0.486 e. The van der Waals surface area contributed by atoms with Gasteiger partial charge in [-0.25, -0.2) is 13.1 Å². The number of carbonyl (C=O) groups is 2. The van der Waals surface area contributed by atoms with Crippen molar-refractivity contribution in [3.05, 3.63) is 54.1 Å². The Hall–Kier alpha value is -3.11. The molecule has 0 aromatic heterocycles. The van der Waals surface area contributed by atoms with Crippen molar-refractivity contribution in [3.63, 3.8) is 0 Å². The molecule has 10 heteroatoms. The Morgan fingerprint density at radius 3 is 2.52 bits per heavy atom. The first kappa shape index (κ1) is 22.6. The Morgan fingerprint density at radius 2 is 1.81 bits per heavy atom. The Bertz CT molecular complexity index is 1020. The Morgan fingerprint density at radius 1 is 1.10 bits per heavy atom. The fourth-order valence-electron chi connectivity index (χ4n) is 2.86. The van der Waals surface area contributed by atoms with Crippen molar-refractivity contribution in [2.45, 2.75) is 23.8 Å². The van der Waals surface area contributed by atoms with Gasteiger partial charge in [-0.3, -0.25) is 9.59 Å². The van der Waals surface area contributed by atoms with Crippen LogP contribution in [-0.4, -0.2) is 53.2 Å². The fraction of sp³-hybridized carbons (Fsp3) is 0.333. The Kier molecular flexibility index (Phi) is 7.48. The van der Waals surface area contributed by atoms with Crippen LogP contribution in [0.25, 0.3) is 0 Å². The average molecular weight is 448 g/mol. The fourth-order valence-corrected chi connectivity index (χ4v) is 3.59. The molecule has 31 heavy (non-hydrogen) atoms. The third kappa shape index (κ3) is 6.43. The lowest BCUT2D eigenvalue weighted by Crippen LogP contribution is -2.42. The summed E-state index contributed by atoms with van der Waals surface area (Å²) in [6, 6.07) is 13.5. The van der Waals surface area contributed by atoms with Crippen molar-refractivity contribution in [1.29, 1.82) is 0 Å². The molecule has 1 amide bonds. The van der Waals surface area contributed by atoms with Gasteiger partial charge < -0.3 is 19.5 Å². The number of nitrogens with one attached hydrogen (secondary N) is 2. The molecule has 0 saturated heterocycles. The van der Waals surface area contributed by atoms with E-state index in [0.717, 1.165) is 5.56 Å². The number of esters is 1. The van der Waals surface area contributed by atoms with E-state index in [4.69, 9.17) is 14.2 Å². The van der Waals surface area contributed by atoms with Crippen molar-refractivity contribution in [2.75, 3.05) is 26.8 Å². The lowest BCUT2D eigenvalue weighted by atomic mass is 10.1. The smallest absolute Gasteiger partial charge is 0.306 e. The molecule has 0 fully saturated rings. The minimum absolute atomic E-state index is 0.0712. The number of hydrogen-bond acceptors (Lipinski definition) is 7. The summed E-state index contributed by atoms with van der Waals surface area (Å²) in [5.41, 5.74) is 0.784. The summed E-state index contributed by atoms with van der Waals surface area (Å²) < 4.78 is 41.9. The van der Waals surface area contributed by atoms with Gasteiger partial charge in [-0.1, -0.05) is 24.3 Å². The van der Waals surface area contributed by atoms with Gasteiger partial charge in [-0.2, -0.15) is 0 Å². The topological polar surface area (TPSA) is 120 Å². The minimum atomic E-state index is -3.50. The number of aryl methyl sites for hydroxylation is 1. The van der Waals surface area contributed by atoms with E-state index in [0.29, 0.717) is 24.5 Å². The Balaban J connectivity index is 1.35. The first-order valence-corrected chi connectivity index (χ1v) is 11.2. The second kappa shape index (κ2) is 10.3. The maximum absolute atomic E-state index is 11.9. The first-order valence-electron chi connectivity index (χ1n) is 9.70. The summed E-state index contributed by atoms with van der Waals surface area (Å²) in [6.45, 7) is 0.153. The van der Waals surface area contributed by atoms with Gasteiger partial charge in [-0.15, -0.1) is 0 Å². The Labute approximate surface area is 180 Å². The van der Waals surface area contributed by atoms with Crippen LogP contribution in [0, 0.1) is 0 Å². The summed E-state index contributed by atoms with van der Waals surface area (Å²) in [5.74, 6) is 0.332. The number of rotatable bonds is 9. The summed E-state index contributed by atoms with van der Waals surface area (Å²) >= 11 is 0. The van der Waals surface area contributed by atoms with Crippen LogP contribution in [0.2, 0.25) is 0 Å². The molecule has 2 aromatic rings. The molecule has 0 spiro atoms. The van der Waals surface area contributed by atoms with E-state index in [2.05, 4.69) is 10.0 Å². The summed E-state index contributed by atoms with van der Waals surface area (Å²) in [6.07, 6.45) is 0.110. The van der Waals surface area contributed by atoms with Crippen LogP contribution >= 0.6 is 0 Å². The van der Waals surface area contributed by atoms with Gasteiger partial charge in [-0.05, 0) is 43.3 Å². The number of benzene rings is 2. The van der Waals surface area contributed by atoms with E-state index in [1.165, 1.54) is 19.2 Å². The van der Waals surface area contributed by atoms with E-state index >= 15 is 0 Å².